The summed E-state index contributed by atoms with van der Waals surface area (Å²) in [5.74, 6) is 1.17. The molecule has 1 fully saturated rings. The fourth-order valence-corrected chi connectivity index (χ4v) is 6.18. The third-order valence-electron chi connectivity index (χ3n) is 4.66. The normalized spacial score (nSPS) is 16.3. The first-order chi connectivity index (χ1) is 13.8. The predicted molar refractivity (Wildman–Crippen MR) is 117 cm³/mol. The molecule has 0 saturated carbocycles. The van der Waals surface area contributed by atoms with Crippen LogP contribution in [0.1, 0.15) is 32.3 Å². The molecule has 2 heterocycles. The van der Waals surface area contributed by atoms with E-state index in [4.69, 9.17) is 0 Å². The molecule has 0 spiro atoms. The van der Waals surface area contributed by atoms with E-state index in [2.05, 4.69) is 29.4 Å². The van der Waals surface area contributed by atoms with Gasteiger partial charge in [0.25, 0.3) is 0 Å². The zero-order valence-corrected chi connectivity index (χ0v) is 19.2. The summed E-state index contributed by atoms with van der Waals surface area (Å²) in [5.41, 5.74) is 1.02. The Labute approximate surface area is 180 Å². The van der Waals surface area contributed by atoms with Crippen molar-refractivity contribution in [1.29, 1.82) is 0 Å². The van der Waals surface area contributed by atoms with Gasteiger partial charge in [-0.2, -0.15) is 4.31 Å². The summed E-state index contributed by atoms with van der Waals surface area (Å²) < 4.78 is 27.9. The van der Waals surface area contributed by atoms with Crippen molar-refractivity contribution in [2.24, 2.45) is 11.8 Å². The van der Waals surface area contributed by atoms with Gasteiger partial charge in [0.1, 0.15) is 0 Å². The Kier molecular flexibility index (Phi) is 7.31. The van der Waals surface area contributed by atoms with E-state index in [0.29, 0.717) is 41.9 Å². The number of anilines is 1. The Morgan fingerprint density at radius 1 is 1.24 bits per heavy atom. The molecule has 2 aromatic rings. The Morgan fingerprint density at radius 2 is 1.90 bits per heavy atom. The van der Waals surface area contributed by atoms with Gasteiger partial charge in [-0.05, 0) is 37.8 Å². The lowest BCUT2D eigenvalue weighted by atomic mass is 9.97. The monoisotopic (exact) mass is 454 g/mol. The minimum absolute atomic E-state index is 0.117. The van der Waals surface area contributed by atoms with Crippen molar-refractivity contribution < 1.29 is 13.2 Å². The van der Waals surface area contributed by atoms with Gasteiger partial charge < -0.3 is 5.32 Å². The molecule has 7 nitrogen and oxygen atoms in total. The van der Waals surface area contributed by atoms with Gasteiger partial charge in [0.2, 0.25) is 21.1 Å². The van der Waals surface area contributed by atoms with E-state index in [9.17, 15) is 13.2 Å². The van der Waals surface area contributed by atoms with Crippen LogP contribution in [0.2, 0.25) is 0 Å². The van der Waals surface area contributed by atoms with Crippen LogP contribution in [0.3, 0.4) is 0 Å². The molecule has 1 aromatic heterocycles. The maximum atomic E-state index is 12.8. The van der Waals surface area contributed by atoms with Gasteiger partial charge in [-0.3, -0.25) is 4.79 Å². The molecule has 1 aliphatic rings. The number of sulfonamides is 1. The molecular formula is C19H26N4O3S3. The lowest BCUT2D eigenvalue weighted by Crippen LogP contribution is -2.41. The molecule has 1 aromatic carbocycles. The Hall–Kier alpha value is -1.49. The molecule has 10 heteroatoms. The van der Waals surface area contributed by atoms with E-state index >= 15 is 0 Å². The summed E-state index contributed by atoms with van der Waals surface area (Å²) in [7, 11) is -3.52. The van der Waals surface area contributed by atoms with Crippen molar-refractivity contribution in [2.45, 2.75) is 42.8 Å². The van der Waals surface area contributed by atoms with Crippen LogP contribution in [0.5, 0.6) is 0 Å². The average Bonchev–Trinajstić information content (AvgIpc) is 3.14. The number of carbonyl (C=O) groups is 1. The number of piperidine rings is 1. The van der Waals surface area contributed by atoms with Crippen molar-refractivity contribution in [3.05, 3.63) is 29.8 Å². The molecule has 0 bridgehead atoms. The lowest BCUT2D eigenvalue weighted by molar-refractivity contribution is -0.120. The van der Waals surface area contributed by atoms with E-state index in [0.717, 1.165) is 15.7 Å². The van der Waals surface area contributed by atoms with Gasteiger partial charge >= 0.3 is 0 Å². The summed E-state index contributed by atoms with van der Waals surface area (Å²) in [5, 5.41) is 11.5. The minimum atomic E-state index is -3.52. The smallest absolute Gasteiger partial charge is 0.243 e. The van der Waals surface area contributed by atoms with Crippen LogP contribution < -0.4 is 5.32 Å². The summed E-state index contributed by atoms with van der Waals surface area (Å²) in [6, 6.07) is 6.85. The number of nitrogens with one attached hydrogen (secondary N) is 1. The van der Waals surface area contributed by atoms with E-state index in [-0.39, 0.29) is 11.8 Å². The van der Waals surface area contributed by atoms with Crippen LogP contribution in [0.25, 0.3) is 0 Å². The highest BCUT2D eigenvalue weighted by molar-refractivity contribution is 8.01. The van der Waals surface area contributed by atoms with Gasteiger partial charge in [-0.25, -0.2) is 8.42 Å². The van der Waals surface area contributed by atoms with E-state index in [1.807, 2.05) is 6.92 Å². The molecule has 0 radical (unpaired) electrons. The Balaban J connectivity index is 1.53. The van der Waals surface area contributed by atoms with Gasteiger partial charge in [0.15, 0.2) is 4.34 Å². The fourth-order valence-electron chi connectivity index (χ4n) is 2.98. The van der Waals surface area contributed by atoms with Crippen LogP contribution in [0.4, 0.5) is 5.13 Å². The van der Waals surface area contributed by atoms with Crippen molar-refractivity contribution in [3.63, 3.8) is 0 Å². The number of carbonyl (C=O) groups excluding carboxylic acids is 1. The fraction of sp³-hybridized carbons (Fsp3) is 0.526. The highest BCUT2D eigenvalue weighted by atomic mass is 32.2. The number of aryl methyl sites for hydroxylation is 1. The van der Waals surface area contributed by atoms with Crippen LogP contribution in [-0.4, -0.2) is 47.7 Å². The molecule has 0 aliphatic carbocycles. The second-order valence-electron chi connectivity index (χ2n) is 7.56. The molecule has 1 amide bonds. The summed E-state index contributed by atoms with van der Waals surface area (Å²) >= 11 is 3.01. The standard InChI is InChI=1S/C19H26N4O3S3/c1-13(2)12-27-19-22-21-18(28-19)20-17(24)15-8-10-23(11-9-15)29(25,26)16-6-4-14(3)5-7-16/h4-7,13,15H,8-12H2,1-3H3,(H,20,21,24). The Morgan fingerprint density at radius 3 is 2.52 bits per heavy atom. The lowest BCUT2D eigenvalue weighted by Gasteiger charge is -2.30. The van der Waals surface area contributed by atoms with Gasteiger partial charge in [0.05, 0.1) is 4.90 Å². The van der Waals surface area contributed by atoms with Crippen LogP contribution in [0.15, 0.2) is 33.5 Å². The summed E-state index contributed by atoms with van der Waals surface area (Å²) in [6.07, 6.45) is 0.982. The topological polar surface area (TPSA) is 92.3 Å². The van der Waals surface area contributed by atoms with Gasteiger partial charge in [-0.15, -0.1) is 10.2 Å². The van der Waals surface area contributed by atoms with Crippen LogP contribution in [0, 0.1) is 18.8 Å². The van der Waals surface area contributed by atoms with Crippen LogP contribution in [-0.2, 0) is 14.8 Å². The molecule has 0 unspecified atom stereocenters. The maximum absolute atomic E-state index is 12.8. The second kappa shape index (κ2) is 9.55. The molecule has 158 valence electrons. The number of nitrogens with zero attached hydrogens (tertiary/aromatic N) is 3. The van der Waals surface area contributed by atoms with Crippen LogP contribution >= 0.6 is 23.1 Å². The van der Waals surface area contributed by atoms with Gasteiger partial charge in [0, 0.05) is 24.8 Å². The summed E-state index contributed by atoms with van der Waals surface area (Å²) in [4.78, 5) is 12.9. The first-order valence-corrected chi connectivity index (χ1v) is 12.8. The maximum Gasteiger partial charge on any atom is 0.243 e. The third kappa shape index (κ3) is 5.78. The van der Waals surface area contributed by atoms with Crippen molar-refractivity contribution in [2.75, 3.05) is 24.2 Å². The quantitative estimate of drug-likeness (QED) is 0.507. The second-order valence-corrected chi connectivity index (χ2v) is 11.7. The molecular weight excluding hydrogens is 428 g/mol. The highest BCUT2D eigenvalue weighted by Gasteiger charge is 2.32. The number of hydrogen-bond acceptors (Lipinski definition) is 7. The van der Waals surface area contributed by atoms with E-state index < -0.39 is 10.0 Å². The number of hydrogen-bond donors (Lipinski definition) is 1. The first kappa shape index (κ1) is 22.2. The van der Waals surface area contributed by atoms with Crippen molar-refractivity contribution in [3.8, 4) is 0 Å². The van der Waals surface area contributed by atoms with E-state index in [1.165, 1.54) is 15.6 Å². The van der Waals surface area contributed by atoms with Gasteiger partial charge in [-0.1, -0.05) is 54.6 Å². The third-order valence-corrected chi connectivity index (χ3v) is 8.97. The van der Waals surface area contributed by atoms with Crippen molar-refractivity contribution in [1.82, 2.24) is 14.5 Å². The zero-order valence-electron chi connectivity index (χ0n) is 16.8. The first-order valence-electron chi connectivity index (χ1n) is 9.59. The zero-order chi connectivity index (χ0) is 21.0. The average molecular weight is 455 g/mol. The van der Waals surface area contributed by atoms with Crippen molar-refractivity contribution >= 4 is 44.2 Å². The number of aromatic nitrogens is 2. The number of amides is 1. The molecule has 0 atom stereocenters. The number of benzene rings is 1. The Bertz CT molecular complexity index is 934. The largest absolute Gasteiger partial charge is 0.300 e. The predicted octanol–water partition coefficient (Wildman–Crippen LogP) is 3.63. The minimum Gasteiger partial charge on any atom is -0.300 e. The molecule has 3 rings (SSSR count). The molecule has 1 N–H and O–H groups in total. The number of thioether (sulfide) groups is 1. The highest BCUT2D eigenvalue weighted by Crippen LogP contribution is 2.29. The van der Waals surface area contributed by atoms with E-state index in [1.54, 1.807) is 36.0 Å². The molecule has 29 heavy (non-hydrogen) atoms. The molecule has 1 saturated heterocycles. The summed E-state index contributed by atoms with van der Waals surface area (Å²) in [6.45, 7) is 6.87. The molecule has 1 aliphatic heterocycles. The number of rotatable bonds is 7. The SMILES string of the molecule is Cc1ccc(S(=O)(=O)N2CCC(C(=O)Nc3nnc(SCC(C)C)s3)CC2)cc1.